The lowest BCUT2D eigenvalue weighted by Gasteiger charge is -2.06. The molecular weight excluding hydrogens is 266 g/mol. The van der Waals surface area contributed by atoms with E-state index in [-0.39, 0.29) is 12.5 Å². The molecule has 1 aromatic rings. The highest BCUT2D eigenvalue weighted by Crippen LogP contribution is 2.24. The molecular formula is C13H19NO4S. The van der Waals surface area contributed by atoms with Gasteiger partial charge in [-0.05, 0) is 24.5 Å². The summed E-state index contributed by atoms with van der Waals surface area (Å²) < 4.78 is 0. The lowest BCUT2D eigenvalue weighted by molar-refractivity contribution is -0.146. The van der Waals surface area contributed by atoms with Crippen LogP contribution >= 0.6 is 11.3 Å². The first kappa shape index (κ1) is 15.7. The summed E-state index contributed by atoms with van der Waals surface area (Å²) in [6.07, 6.45) is 1.27. The molecule has 0 aromatic carbocycles. The summed E-state index contributed by atoms with van der Waals surface area (Å²) in [7, 11) is 0. The first-order valence-corrected chi connectivity index (χ1v) is 7.11. The maximum absolute atomic E-state index is 11.9. The molecule has 19 heavy (non-hydrogen) atoms. The van der Waals surface area contributed by atoms with E-state index < -0.39 is 12.1 Å². The van der Waals surface area contributed by atoms with Crippen LogP contribution < -0.4 is 5.32 Å². The Kier molecular flexibility index (Phi) is 5.98. The number of aliphatic hydroxyl groups excluding tert-OH is 1. The van der Waals surface area contributed by atoms with Crippen molar-refractivity contribution in [2.75, 3.05) is 6.54 Å². The Morgan fingerprint density at radius 3 is 2.63 bits per heavy atom. The third kappa shape index (κ3) is 4.33. The topological polar surface area (TPSA) is 86.6 Å². The molecule has 0 fully saturated rings. The molecule has 1 atom stereocenters. The lowest BCUT2D eigenvalue weighted by Crippen LogP contribution is -2.36. The van der Waals surface area contributed by atoms with E-state index >= 15 is 0 Å². The van der Waals surface area contributed by atoms with Crippen LogP contribution in [0.5, 0.6) is 0 Å². The molecule has 0 aliphatic carbocycles. The molecule has 1 amide bonds. The van der Waals surface area contributed by atoms with E-state index in [0.717, 1.165) is 24.8 Å². The number of carboxylic acids is 1. The first-order chi connectivity index (χ1) is 8.99. The van der Waals surface area contributed by atoms with Gasteiger partial charge in [-0.25, -0.2) is 4.79 Å². The number of aryl methyl sites for hydroxylation is 2. The highest BCUT2D eigenvalue weighted by atomic mass is 32.1. The van der Waals surface area contributed by atoms with E-state index in [1.807, 2.05) is 13.0 Å². The van der Waals surface area contributed by atoms with Gasteiger partial charge in [0.2, 0.25) is 0 Å². The Bertz CT molecular complexity index is 455. The van der Waals surface area contributed by atoms with Crippen molar-refractivity contribution >= 4 is 23.2 Å². The summed E-state index contributed by atoms with van der Waals surface area (Å²) in [6, 6.07) is 1.85. The fourth-order valence-corrected chi connectivity index (χ4v) is 2.95. The molecule has 0 saturated carbocycles. The summed E-state index contributed by atoms with van der Waals surface area (Å²) in [5, 5.41) is 20.1. The largest absolute Gasteiger partial charge is 0.479 e. The van der Waals surface area contributed by atoms with Crippen molar-refractivity contribution < 1.29 is 19.8 Å². The van der Waals surface area contributed by atoms with Gasteiger partial charge in [0.15, 0.2) is 6.10 Å². The van der Waals surface area contributed by atoms with Gasteiger partial charge >= 0.3 is 5.97 Å². The van der Waals surface area contributed by atoms with Crippen LogP contribution in [0.3, 0.4) is 0 Å². The molecule has 0 aliphatic heterocycles. The zero-order valence-electron chi connectivity index (χ0n) is 11.1. The number of nitrogens with one attached hydrogen (secondary N) is 1. The molecule has 1 rings (SSSR count). The Balaban J connectivity index is 2.69. The third-order valence-electron chi connectivity index (χ3n) is 2.72. The minimum atomic E-state index is -1.57. The normalized spacial score (nSPS) is 12.2. The molecule has 1 heterocycles. The van der Waals surface area contributed by atoms with Crippen LogP contribution in [-0.4, -0.2) is 34.7 Å². The maximum Gasteiger partial charge on any atom is 0.334 e. The van der Waals surface area contributed by atoms with Crippen LogP contribution in [0, 0.1) is 0 Å². The predicted molar refractivity (Wildman–Crippen MR) is 73.7 cm³/mol. The zero-order valence-corrected chi connectivity index (χ0v) is 11.9. The Hall–Kier alpha value is -1.40. The van der Waals surface area contributed by atoms with Gasteiger partial charge in [-0.1, -0.05) is 20.3 Å². The molecule has 6 heteroatoms. The van der Waals surface area contributed by atoms with Crippen molar-refractivity contribution in [1.29, 1.82) is 0 Å². The van der Waals surface area contributed by atoms with Gasteiger partial charge in [-0.15, -0.1) is 11.3 Å². The zero-order chi connectivity index (χ0) is 14.4. The first-order valence-electron chi connectivity index (χ1n) is 6.30. The van der Waals surface area contributed by atoms with Crippen LogP contribution in [-0.2, 0) is 17.6 Å². The average Bonchev–Trinajstić information content (AvgIpc) is 2.79. The Labute approximate surface area is 116 Å². The van der Waals surface area contributed by atoms with Crippen molar-refractivity contribution in [3.63, 3.8) is 0 Å². The van der Waals surface area contributed by atoms with Crippen LogP contribution in [0.15, 0.2) is 6.07 Å². The Morgan fingerprint density at radius 2 is 2.11 bits per heavy atom. The van der Waals surface area contributed by atoms with Gasteiger partial charge < -0.3 is 15.5 Å². The standard InChI is InChI=1S/C13H19NO4S/c1-3-5-10-8(4-2)6-11(19-10)12(16)14-7-9(15)13(17)18/h6,9,15H,3-5,7H2,1-2H3,(H,14,16)(H,17,18). The molecule has 3 N–H and O–H groups in total. The van der Waals surface area contributed by atoms with Crippen LogP contribution in [0.1, 0.15) is 40.4 Å². The summed E-state index contributed by atoms with van der Waals surface area (Å²) >= 11 is 1.44. The molecule has 1 unspecified atom stereocenters. The monoisotopic (exact) mass is 285 g/mol. The fraction of sp³-hybridized carbons (Fsp3) is 0.538. The summed E-state index contributed by atoms with van der Waals surface area (Å²) in [5.74, 6) is -1.67. The number of carbonyl (C=O) groups is 2. The number of thiophene rings is 1. The van der Waals surface area contributed by atoms with E-state index in [0.29, 0.717) is 4.88 Å². The predicted octanol–water partition coefficient (Wildman–Crippen LogP) is 1.44. The second kappa shape index (κ2) is 7.25. The van der Waals surface area contributed by atoms with Crippen LogP contribution in [0.25, 0.3) is 0 Å². The fourth-order valence-electron chi connectivity index (χ4n) is 1.68. The number of hydrogen-bond donors (Lipinski definition) is 3. The van der Waals surface area contributed by atoms with Crippen molar-refractivity contribution in [2.24, 2.45) is 0 Å². The number of carbonyl (C=O) groups excluding carboxylic acids is 1. The quantitative estimate of drug-likeness (QED) is 0.707. The number of amides is 1. The number of hydrogen-bond acceptors (Lipinski definition) is 4. The van der Waals surface area contributed by atoms with E-state index in [2.05, 4.69) is 12.2 Å². The van der Waals surface area contributed by atoms with E-state index in [1.165, 1.54) is 16.2 Å². The van der Waals surface area contributed by atoms with Gasteiger partial charge in [-0.3, -0.25) is 4.79 Å². The van der Waals surface area contributed by atoms with Crippen molar-refractivity contribution in [3.8, 4) is 0 Å². The third-order valence-corrected chi connectivity index (χ3v) is 3.96. The maximum atomic E-state index is 11.9. The molecule has 1 aromatic heterocycles. The molecule has 0 saturated heterocycles. The average molecular weight is 285 g/mol. The van der Waals surface area contributed by atoms with E-state index in [1.54, 1.807) is 0 Å². The molecule has 0 spiro atoms. The molecule has 0 bridgehead atoms. The number of aliphatic carboxylic acids is 1. The van der Waals surface area contributed by atoms with Gasteiger partial charge in [-0.2, -0.15) is 0 Å². The van der Waals surface area contributed by atoms with Gasteiger partial charge in [0, 0.05) is 4.88 Å². The molecule has 5 nitrogen and oxygen atoms in total. The highest BCUT2D eigenvalue weighted by molar-refractivity contribution is 7.14. The van der Waals surface area contributed by atoms with E-state index in [9.17, 15) is 9.59 Å². The molecule has 106 valence electrons. The summed E-state index contributed by atoms with van der Waals surface area (Å²) in [4.78, 5) is 24.1. The number of aliphatic hydroxyl groups is 1. The smallest absolute Gasteiger partial charge is 0.334 e. The van der Waals surface area contributed by atoms with Gasteiger partial charge in [0.05, 0.1) is 11.4 Å². The number of carboxylic acid groups (broad SMARTS) is 1. The molecule has 0 aliphatic rings. The van der Waals surface area contributed by atoms with Gasteiger partial charge in [0.1, 0.15) is 0 Å². The van der Waals surface area contributed by atoms with Crippen molar-refractivity contribution in [2.45, 2.75) is 39.2 Å². The lowest BCUT2D eigenvalue weighted by atomic mass is 10.1. The highest BCUT2D eigenvalue weighted by Gasteiger charge is 2.17. The van der Waals surface area contributed by atoms with Crippen molar-refractivity contribution in [1.82, 2.24) is 5.32 Å². The van der Waals surface area contributed by atoms with Crippen LogP contribution in [0.2, 0.25) is 0 Å². The van der Waals surface area contributed by atoms with E-state index in [4.69, 9.17) is 10.2 Å². The van der Waals surface area contributed by atoms with Crippen LogP contribution in [0.4, 0.5) is 0 Å². The minimum absolute atomic E-state index is 0.281. The number of rotatable bonds is 7. The summed E-state index contributed by atoms with van der Waals surface area (Å²) in [5.41, 5.74) is 1.16. The SMILES string of the molecule is CCCc1sc(C(=O)NCC(O)C(=O)O)cc1CC. The minimum Gasteiger partial charge on any atom is -0.479 e. The second-order valence-corrected chi connectivity index (χ2v) is 5.36. The second-order valence-electron chi connectivity index (χ2n) is 4.23. The van der Waals surface area contributed by atoms with Crippen molar-refractivity contribution in [3.05, 3.63) is 21.4 Å². The summed E-state index contributed by atoms with van der Waals surface area (Å²) in [6.45, 7) is 3.84. The Morgan fingerprint density at radius 1 is 1.42 bits per heavy atom. The molecule has 0 radical (unpaired) electrons. The van der Waals surface area contributed by atoms with Gasteiger partial charge in [0.25, 0.3) is 5.91 Å².